The summed E-state index contributed by atoms with van der Waals surface area (Å²) in [5.41, 5.74) is 0.847. The third-order valence-corrected chi connectivity index (χ3v) is 7.15. The lowest BCUT2D eigenvalue weighted by Crippen LogP contribution is -2.52. The van der Waals surface area contributed by atoms with Crippen molar-refractivity contribution in [2.24, 2.45) is 0 Å². The van der Waals surface area contributed by atoms with Gasteiger partial charge in [0.15, 0.2) is 11.2 Å². The number of hydrogen-bond donors (Lipinski definition) is 0. The first-order chi connectivity index (χ1) is 15.6. The van der Waals surface area contributed by atoms with E-state index in [1.54, 1.807) is 29.4 Å². The van der Waals surface area contributed by atoms with Gasteiger partial charge in [-0.2, -0.15) is 0 Å². The van der Waals surface area contributed by atoms with Crippen LogP contribution in [0.5, 0.6) is 0 Å². The molecule has 9 nitrogen and oxygen atoms in total. The summed E-state index contributed by atoms with van der Waals surface area (Å²) in [5, 5.41) is 2.56. The van der Waals surface area contributed by atoms with Gasteiger partial charge in [-0.3, -0.25) is 9.69 Å². The molecule has 32 heavy (non-hydrogen) atoms. The quantitative estimate of drug-likeness (QED) is 0.341. The average molecular weight is 477 g/mol. The third-order valence-electron chi connectivity index (χ3n) is 5.41. The summed E-state index contributed by atoms with van der Waals surface area (Å²) in [6, 6.07) is 4.97. The van der Waals surface area contributed by atoms with Crippen LogP contribution in [0.4, 0.5) is 4.79 Å². The molecule has 11 heteroatoms. The van der Waals surface area contributed by atoms with Crippen LogP contribution in [0.2, 0.25) is 0 Å². The van der Waals surface area contributed by atoms with E-state index in [1.165, 1.54) is 16.7 Å². The highest BCUT2D eigenvalue weighted by Gasteiger charge is 2.44. The van der Waals surface area contributed by atoms with E-state index in [2.05, 4.69) is 9.97 Å². The number of piperidine rings is 1. The fraction of sp³-hybridized carbons (Fsp3) is 0.476. The van der Waals surface area contributed by atoms with Crippen molar-refractivity contribution in [3.63, 3.8) is 0 Å². The van der Waals surface area contributed by atoms with Gasteiger partial charge in [0.05, 0.1) is 22.9 Å². The molecule has 0 bridgehead atoms. The minimum Gasteiger partial charge on any atom is -0.464 e. The summed E-state index contributed by atoms with van der Waals surface area (Å²) in [4.78, 5) is 50.2. The molecule has 4 rings (SSSR count). The molecule has 2 aliphatic heterocycles. The highest BCUT2D eigenvalue weighted by atomic mass is 32.2. The molecule has 1 atom stereocenters. The highest BCUT2D eigenvalue weighted by Crippen LogP contribution is 2.27. The second kappa shape index (κ2) is 10.3. The number of hydrogen-bond acceptors (Lipinski definition) is 9. The van der Waals surface area contributed by atoms with Crippen LogP contribution in [0, 0.1) is 0 Å². The number of esters is 1. The van der Waals surface area contributed by atoms with Crippen LogP contribution in [0.15, 0.2) is 34.9 Å². The van der Waals surface area contributed by atoms with Crippen LogP contribution in [-0.2, 0) is 19.1 Å². The number of thiophene rings is 1. The molecule has 0 radical (unpaired) electrons. The number of rotatable bonds is 7. The van der Waals surface area contributed by atoms with Gasteiger partial charge >= 0.3 is 12.1 Å². The Kier molecular flexibility index (Phi) is 7.26. The molecule has 2 aliphatic rings. The molecule has 1 unspecified atom stereocenters. The van der Waals surface area contributed by atoms with Crippen LogP contribution in [0.1, 0.15) is 19.8 Å². The van der Waals surface area contributed by atoms with Crippen LogP contribution < -0.4 is 0 Å². The van der Waals surface area contributed by atoms with Crippen molar-refractivity contribution in [2.45, 2.75) is 37.0 Å². The molecule has 0 spiro atoms. The zero-order chi connectivity index (χ0) is 22.5. The predicted octanol–water partition coefficient (Wildman–Crippen LogP) is 2.67. The molecule has 4 heterocycles. The number of cyclic esters (lactones) is 1. The number of likely N-dealkylation sites (tertiary alicyclic amines) is 1. The summed E-state index contributed by atoms with van der Waals surface area (Å²) in [5.74, 6) is -0.196. The lowest BCUT2D eigenvalue weighted by Gasteiger charge is -2.37. The fourth-order valence-electron chi connectivity index (χ4n) is 3.84. The molecule has 0 N–H and O–H groups in total. The lowest BCUT2D eigenvalue weighted by molar-refractivity contribution is -0.148. The number of nitrogens with zero attached hydrogens (tertiary/aromatic N) is 4. The van der Waals surface area contributed by atoms with Gasteiger partial charge < -0.3 is 14.4 Å². The molecular formula is C21H24N4O5S2. The number of ether oxygens (including phenoxy) is 2. The average Bonchev–Trinajstić information content (AvgIpc) is 3.48. The van der Waals surface area contributed by atoms with Crippen molar-refractivity contribution >= 4 is 41.1 Å². The first kappa shape index (κ1) is 22.5. The van der Waals surface area contributed by atoms with E-state index >= 15 is 0 Å². The summed E-state index contributed by atoms with van der Waals surface area (Å²) in [6.07, 6.45) is 2.39. The van der Waals surface area contributed by atoms with Crippen LogP contribution in [-0.4, -0.2) is 81.9 Å². The van der Waals surface area contributed by atoms with E-state index < -0.39 is 18.1 Å². The van der Waals surface area contributed by atoms with Gasteiger partial charge in [-0.25, -0.2) is 19.6 Å². The number of amides is 2. The Labute approximate surface area is 194 Å². The molecule has 2 aromatic rings. The first-order valence-electron chi connectivity index (χ1n) is 10.5. The molecule has 0 aliphatic carbocycles. The van der Waals surface area contributed by atoms with Crippen molar-refractivity contribution in [1.82, 2.24) is 19.8 Å². The molecule has 2 saturated heterocycles. The monoisotopic (exact) mass is 476 g/mol. The van der Waals surface area contributed by atoms with Crippen molar-refractivity contribution in [1.29, 1.82) is 0 Å². The highest BCUT2D eigenvalue weighted by molar-refractivity contribution is 7.99. The molecule has 2 amide bonds. The maximum Gasteiger partial charge on any atom is 0.410 e. The Morgan fingerprint density at radius 2 is 2.12 bits per heavy atom. The molecule has 0 saturated carbocycles. The van der Waals surface area contributed by atoms with Gasteiger partial charge in [-0.15, -0.1) is 11.3 Å². The van der Waals surface area contributed by atoms with Crippen molar-refractivity contribution in [3.05, 3.63) is 29.8 Å². The second-order valence-corrected chi connectivity index (χ2v) is 9.24. The smallest absolute Gasteiger partial charge is 0.410 e. The van der Waals surface area contributed by atoms with Gasteiger partial charge in [-0.1, -0.05) is 17.8 Å². The molecule has 170 valence electrons. The summed E-state index contributed by atoms with van der Waals surface area (Å²) in [7, 11) is 0. The van der Waals surface area contributed by atoms with Gasteiger partial charge in [0.2, 0.25) is 5.91 Å². The van der Waals surface area contributed by atoms with Crippen molar-refractivity contribution < 1.29 is 23.9 Å². The van der Waals surface area contributed by atoms with E-state index in [4.69, 9.17) is 9.47 Å². The van der Waals surface area contributed by atoms with Gasteiger partial charge in [-0.05, 0) is 37.3 Å². The SMILES string of the molecule is CCOC(=O)C1COC(=O)N1C1CCN(C(=O)CSc2nccc(-c3cccs3)n2)CC1. The maximum absolute atomic E-state index is 12.7. The Morgan fingerprint density at radius 1 is 1.31 bits per heavy atom. The van der Waals surface area contributed by atoms with E-state index in [0.29, 0.717) is 31.1 Å². The Hall–Kier alpha value is -2.66. The van der Waals surface area contributed by atoms with E-state index in [1.807, 2.05) is 23.6 Å². The predicted molar refractivity (Wildman–Crippen MR) is 119 cm³/mol. The Balaban J connectivity index is 1.29. The largest absolute Gasteiger partial charge is 0.464 e. The maximum atomic E-state index is 12.7. The number of aromatic nitrogens is 2. The summed E-state index contributed by atoms with van der Waals surface area (Å²) in [6.45, 7) is 3.02. The molecule has 2 aromatic heterocycles. The van der Waals surface area contributed by atoms with Gasteiger partial charge in [0.25, 0.3) is 0 Å². The minimum absolute atomic E-state index is 0.00418. The second-order valence-electron chi connectivity index (χ2n) is 7.35. The normalized spacial score (nSPS) is 19.2. The number of carbonyl (C=O) groups excluding carboxylic acids is 3. The Bertz CT molecular complexity index is 963. The lowest BCUT2D eigenvalue weighted by atomic mass is 10.0. The van der Waals surface area contributed by atoms with Crippen LogP contribution in [0.3, 0.4) is 0 Å². The molecular weight excluding hydrogens is 452 g/mol. The summed E-state index contributed by atoms with van der Waals surface area (Å²) < 4.78 is 10.2. The van der Waals surface area contributed by atoms with Crippen LogP contribution in [0.25, 0.3) is 10.6 Å². The minimum atomic E-state index is -0.710. The van der Waals surface area contributed by atoms with E-state index in [0.717, 1.165) is 10.6 Å². The standard InChI is InChI=1S/C21H24N4O5S2/c1-2-29-19(27)16-12-30-21(28)25(16)14-6-9-24(10-7-14)18(26)13-32-20-22-8-5-15(23-20)17-4-3-11-31-17/h3-5,8,11,14,16H,2,6-7,9-10,12-13H2,1H3. The molecule has 0 aromatic carbocycles. The van der Waals surface area contributed by atoms with E-state index in [9.17, 15) is 14.4 Å². The van der Waals surface area contributed by atoms with Gasteiger partial charge in [0, 0.05) is 25.3 Å². The number of thioether (sulfide) groups is 1. The zero-order valence-corrected chi connectivity index (χ0v) is 19.3. The van der Waals surface area contributed by atoms with Gasteiger partial charge in [0.1, 0.15) is 6.61 Å². The number of carbonyl (C=O) groups is 3. The summed E-state index contributed by atoms with van der Waals surface area (Å²) >= 11 is 2.92. The zero-order valence-electron chi connectivity index (χ0n) is 17.6. The fourth-order valence-corrected chi connectivity index (χ4v) is 5.27. The van der Waals surface area contributed by atoms with Crippen molar-refractivity contribution in [2.75, 3.05) is 32.1 Å². The van der Waals surface area contributed by atoms with E-state index in [-0.39, 0.29) is 30.9 Å². The van der Waals surface area contributed by atoms with Crippen LogP contribution >= 0.6 is 23.1 Å². The topological polar surface area (TPSA) is 102 Å². The first-order valence-corrected chi connectivity index (χ1v) is 12.3. The Morgan fingerprint density at radius 3 is 2.84 bits per heavy atom. The van der Waals surface area contributed by atoms with Crippen molar-refractivity contribution in [3.8, 4) is 10.6 Å². The third kappa shape index (κ3) is 5.04. The molecule has 2 fully saturated rings.